The molecule has 1 N–H and O–H groups in total. The molecule has 20 heavy (non-hydrogen) atoms. The van der Waals surface area contributed by atoms with Crippen LogP contribution < -0.4 is 10.1 Å². The molecule has 1 fully saturated rings. The zero-order chi connectivity index (χ0) is 14.5. The maximum Gasteiger partial charge on any atom is 0.122 e. The van der Waals surface area contributed by atoms with Gasteiger partial charge in [0, 0.05) is 29.2 Å². The molecule has 1 saturated heterocycles. The maximum atomic E-state index is 5.63. The molecule has 0 aromatic heterocycles. The molecule has 0 aliphatic carbocycles. The van der Waals surface area contributed by atoms with E-state index in [2.05, 4.69) is 37.4 Å². The fourth-order valence-corrected chi connectivity index (χ4v) is 3.71. The van der Waals surface area contributed by atoms with E-state index in [1.54, 1.807) is 7.11 Å². The van der Waals surface area contributed by atoms with E-state index >= 15 is 0 Å². The fraction of sp³-hybridized carbons (Fsp3) is 0.625. The molecule has 0 spiro atoms. The predicted molar refractivity (Wildman–Crippen MR) is 85.6 cm³/mol. The topological polar surface area (TPSA) is 30.5 Å². The van der Waals surface area contributed by atoms with Crippen molar-refractivity contribution in [2.24, 2.45) is 0 Å². The van der Waals surface area contributed by atoms with E-state index in [1.807, 2.05) is 18.8 Å². The lowest BCUT2D eigenvalue weighted by molar-refractivity contribution is 0.127. The second-order valence-electron chi connectivity index (χ2n) is 5.30. The Morgan fingerprint density at radius 3 is 2.90 bits per heavy atom. The summed E-state index contributed by atoms with van der Waals surface area (Å²) < 4.78 is 11.1. The van der Waals surface area contributed by atoms with Crippen molar-refractivity contribution in [3.05, 3.63) is 29.3 Å². The molecule has 1 aliphatic heterocycles. The van der Waals surface area contributed by atoms with Gasteiger partial charge in [-0.2, -0.15) is 11.8 Å². The van der Waals surface area contributed by atoms with E-state index in [0.29, 0.717) is 17.4 Å². The van der Waals surface area contributed by atoms with Crippen LogP contribution in [0.5, 0.6) is 5.75 Å². The van der Waals surface area contributed by atoms with Gasteiger partial charge in [-0.3, -0.25) is 0 Å². The normalized spacial score (nSPS) is 23.8. The molecule has 1 aliphatic rings. The van der Waals surface area contributed by atoms with Crippen molar-refractivity contribution in [2.45, 2.75) is 43.4 Å². The Morgan fingerprint density at radius 2 is 2.30 bits per heavy atom. The summed E-state index contributed by atoms with van der Waals surface area (Å²) in [7, 11) is 3.73. The Bertz CT molecular complexity index is 438. The van der Waals surface area contributed by atoms with E-state index in [1.165, 1.54) is 11.1 Å². The Balaban J connectivity index is 2.07. The van der Waals surface area contributed by atoms with Crippen LogP contribution in [0.3, 0.4) is 0 Å². The molecule has 0 amide bonds. The second-order valence-corrected chi connectivity index (χ2v) is 6.52. The van der Waals surface area contributed by atoms with E-state index < -0.39 is 0 Å². The molecule has 0 saturated carbocycles. The number of thioether (sulfide) groups is 1. The summed E-state index contributed by atoms with van der Waals surface area (Å²) >= 11 is 1.98. The van der Waals surface area contributed by atoms with E-state index in [-0.39, 0.29) is 0 Å². The Labute approximate surface area is 126 Å². The van der Waals surface area contributed by atoms with Crippen molar-refractivity contribution in [3.63, 3.8) is 0 Å². The number of rotatable bonds is 6. The van der Waals surface area contributed by atoms with Gasteiger partial charge in [0.25, 0.3) is 0 Å². The molecule has 1 heterocycles. The Morgan fingerprint density at radius 1 is 1.50 bits per heavy atom. The highest BCUT2D eigenvalue weighted by Crippen LogP contribution is 2.33. The number of ether oxygens (including phenoxy) is 2. The number of nitrogens with one attached hydrogen (secondary N) is 1. The van der Waals surface area contributed by atoms with Gasteiger partial charge in [0.2, 0.25) is 0 Å². The fourth-order valence-electron chi connectivity index (χ4n) is 2.48. The number of hydrogen-bond donors (Lipinski definition) is 1. The molecule has 1 aromatic rings. The maximum absolute atomic E-state index is 5.63. The van der Waals surface area contributed by atoms with Crippen LogP contribution in [0.25, 0.3) is 0 Å². The first-order chi connectivity index (χ1) is 9.65. The molecule has 112 valence electrons. The van der Waals surface area contributed by atoms with Crippen LogP contribution in [0.15, 0.2) is 18.2 Å². The number of hydrogen-bond acceptors (Lipinski definition) is 4. The summed E-state index contributed by atoms with van der Waals surface area (Å²) in [4.78, 5) is 0. The SMILES string of the molecule is CNC(C)c1ccc(OC)c(CSC2CCOC2C)c1. The van der Waals surface area contributed by atoms with Gasteiger partial charge in [-0.1, -0.05) is 6.07 Å². The van der Waals surface area contributed by atoms with Crippen molar-refractivity contribution < 1.29 is 9.47 Å². The van der Waals surface area contributed by atoms with Crippen LogP contribution in [-0.2, 0) is 10.5 Å². The van der Waals surface area contributed by atoms with Crippen molar-refractivity contribution >= 4 is 11.8 Å². The first-order valence-electron chi connectivity index (χ1n) is 7.23. The highest BCUT2D eigenvalue weighted by Gasteiger charge is 2.24. The third-order valence-electron chi connectivity index (χ3n) is 4.00. The van der Waals surface area contributed by atoms with Crippen molar-refractivity contribution in [2.75, 3.05) is 20.8 Å². The van der Waals surface area contributed by atoms with Gasteiger partial charge in [-0.25, -0.2) is 0 Å². The molecule has 0 bridgehead atoms. The smallest absolute Gasteiger partial charge is 0.122 e. The van der Waals surface area contributed by atoms with Crippen LogP contribution in [-0.4, -0.2) is 32.1 Å². The second kappa shape index (κ2) is 7.34. The quantitative estimate of drug-likeness (QED) is 0.871. The van der Waals surface area contributed by atoms with Gasteiger partial charge in [-0.15, -0.1) is 0 Å². The minimum absolute atomic E-state index is 0.360. The van der Waals surface area contributed by atoms with E-state index in [4.69, 9.17) is 9.47 Å². The zero-order valence-electron chi connectivity index (χ0n) is 12.8. The average Bonchev–Trinajstić information content (AvgIpc) is 2.89. The average molecular weight is 295 g/mol. The first-order valence-corrected chi connectivity index (χ1v) is 8.28. The Hall–Kier alpha value is -0.710. The number of benzene rings is 1. The highest BCUT2D eigenvalue weighted by molar-refractivity contribution is 7.99. The lowest BCUT2D eigenvalue weighted by atomic mass is 10.1. The highest BCUT2D eigenvalue weighted by atomic mass is 32.2. The molecule has 2 rings (SSSR count). The summed E-state index contributed by atoms with van der Waals surface area (Å²) in [6.45, 7) is 5.24. The molecular weight excluding hydrogens is 270 g/mol. The molecule has 3 unspecified atom stereocenters. The number of methoxy groups -OCH3 is 1. The van der Waals surface area contributed by atoms with Crippen LogP contribution in [0.2, 0.25) is 0 Å². The third-order valence-corrected chi connectivity index (χ3v) is 5.52. The van der Waals surface area contributed by atoms with Gasteiger partial charge in [-0.05, 0) is 45.0 Å². The lowest BCUT2D eigenvalue weighted by Gasteiger charge is -2.17. The molecular formula is C16H25NO2S. The summed E-state index contributed by atoms with van der Waals surface area (Å²) in [5.74, 6) is 1.96. The van der Waals surface area contributed by atoms with Gasteiger partial charge < -0.3 is 14.8 Å². The van der Waals surface area contributed by atoms with Crippen molar-refractivity contribution in [1.29, 1.82) is 0 Å². The van der Waals surface area contributed by atoms with Crippen LogP contribution in [0.1, 0.15) is 37.4 Å². The molecule has 3 atom stereocenters. The van der Waals surface area contributed by atoms with Gasteiger partial charge in [0.05, 0.1) is 13.2 Å². The largest absolute Gasteiger partial charge is 0.496 e. The van der Waals surface area contributed by atoms with E-state index in [0.717, 1.165) is 24.5 Å². The summed E-state index contributed by atoms with van der Waals surface area (Å²) in [6.07, 6.45) is 1.52. The molecule has 1 aromatic carbocycles. The van der Waals surface area contributed by atoms with Crippen LogP contribution in [0.4, 0.5) is 0 Å². The minimum Gasteiger partial charge on any atom is -0.496 e. The third kappa shape index (κ3) is 3.68. The zero-order valence-corrected chi connectivity index (χ0v) is 13.6. The van der Waals surface area contributed by atoms with Gasteiger partial charge in [0.1, 0.15) is 5.75 Å². The monoisotopic (exact) mass is 295 g/mol. The van der Waals surface area contributed by atoms with Gasteiger partial charge >= 0.3 is 0 Å². The van der Waals surface area contributed by atoms with Crippen molar-refractivity contribution in [3.8, 4) is 5.75 Å². The first kappa shape index (κ1) is 15.7. The minimum atomic E-state index is 0.360. The lowest BCUT2D eigenvalue weighted by Crippen LogP contribution is -2.14. The van der Waals surface area contributed by atoms with Crippen LogP contribution >= 0.6 is 11.8 Å². The molecule has 0 radical (unpaired) electrons. The standard InChI is InChI=1S/C16H25NO2S/c1-11(17-3)13-5-6-15(18-4)14(9-13)10-20-16-7-8-19-12(16)2/h5-6,9,11-12,16-17H,7-8,10H2,1-4H3. The van der Waals surface area contributed by atoms with Crippen molar-refractivity contribution in [1.82, 2.24) is 5.32 Å². The van der Waals surface area contributed by atoms with Gasteiger partial charge in [0.15, 0.2) is 0 Å². The molecule has 4 heteroatoms. The van der Waals surface area contributed by atoms with Crippen LogP contribution in [0, 0.1) is 0 Å². The van der Waals surface area contributed by atoms with E-state index in [9.17, 15) is 0 Å². The molecule has 3 nitrogen and oxygen atoms in total. The Kier molecular flexibility index (Phi) is 5.75. The summed E-state index contributed by atoms with van der Waals surface area (Å²) in [5, 5.41) is 3.88. The summed E-state index contributed by atoms with van der Waals surface area (Å²) in [5.41, 5.74) is 2.58. The predicted octanol–water partition coefficient (Wildman–Crippen LogP) is 3.39. The summed E-state index contributed by atoms with van der Waals surface area (Å²) in [6, 6.07) is 6.83.